The van der Waals surface area contributed by atoms with Gasteiger partial charge in [-0.1, -0.05) is 18.6 Å². The summed E-state index contributed by atoms with van der Waals surface area (Å²) in [5.41, 5.74) is 2.15. The van der Waals surface area contributed by atoms with Gasteiger partial charge in [0.1, 0.15) is 17.7 Å². The van der Waals surface area contributed by atoms with Gasteiger partial charge in [0.05, 0.1) is 11.5 Å². The van der Waals surface area contributed by atoms with E-state index in [1.807, 2.05) is 6.07 Å². The van der Waals surface area contributed by atoms with Crippen LogP contribution in [0, 0.1) is 11.7 Å². The molecule has 7 heteroatoms. The van der Waals surface area contributed by atoms with E-state index in [4.69, 9.17) is 4.74 Å². The van der Waals surface area contributed by atoms with Crippen molar-refractivity contribution in [3.8, 4) is 16.9 Å². The lowest BCUT2D eigenvalue weighted by atomic mass is 9.76. The zero-order valence-corrected chi connectivity index (χ0v) is 21.9. The smallest absolute Gasteiger partial charge is 0.335 e. The number of carboxylic acid groups (broad SMARTS) is 1. The number of likely N-dealkylation sites (tertiary alicyclic amines) is 1. The summed E-state index contributed by atoms with van der Waals surface area (Å²) in [4.78, 5) is 26.9. The van der Waals surface area contributed by atoms with Gasteiger partial charge in [0.25, 0.3) is 0 Å². The Bertz CT molecular complexity index is 1190. The number of halogens is 1. The van der Waals surface area contributed by atoms with Crippen molar-refractivity contribution in [3.05, 3.63) is 53.3 Å². The van der Waals surface area contributed by atoms with Gasteiger partial charge >= 0.3 is 5.97 Å². The Morgan fingerprint density at radius 2 is 1.89 bits per heavy atom. The Morgan fingerprint density at radius 1 is 1.11 bits per heavy atom. The van der Waals surface area contributed by atoms with E-state index in [1.165, 1.54) is 12.1 Å². The zero-order chi connectivity index (χ0) is 26.3. The van der Waals surface area contributed by atoms with Crippen LogP contribution < -0.4 is 10.1 Å². The quantitative estimate of drug-likeness (QED) is 0.509. The van der Waals surface area contributed by atoms with Gasteiger partial charge in [-0.2, -0.15) is 0 Å². The largest absolute Gasteiger partial charge is 0.490 e. The van der Waals surface area contributed by atoms with E-state index in [9.17, 15) is 19.1 Å². The minimum atomic E-state index is -1.03. The number of hydrogen-bond acceptors (Lipinski definition) is 4. The number of ether oxygens (including phenoxy) is 1. The molecule has 3 fully saturated rings. The van der Waals surface area contributed by atoms with Crippen molar-refractivity contribution in [2.45, 2.75) is 82.4 Å². The number of nitrogens with one attached hydrogen (secondary N) is 1. The molecule has 0 bridgehead atoms. The molecule has 198 valence electrons. The molecule has 1 saturated heterocycles. The van der Waals surface area contributed by atoms with Crippen molar-refractivity contribution < 1.29 is 23.8 Å². The molecule has 2 N–H and O–H groups in total. The highest BCUT2D eigenvalue weighted by atomic mass is 19.1. The van der Waals surface area contributed by atoms with Gasteiger partial charge in [-0.15, -0.1) is 0 Å². The molecule has 3 aliphatic rings. The molecule has 2 aromatic carbocycles. The van der Waals surface area contributed by atoms with E-state index in [1.54, 1.807) is 18.2 Å². The molecular formula is C30H37FN2O4. The van der Waals surface area contributed by atoms with Crippen molar-refractivity contribution in [1.82, 2.24) is 10.2 Å². The minimum Gasteiger partial charge on any atom is -0.490 e. The Labute approximate surface area is 218 Å². The number of rotatable bonds is 7. The van der Waals surface area contributed by atoms with Crippen LogP contribution in [0.15, 0.2) is 36.4 Å². The second-order valence-electron chi connectivity index (χ2n) is 11.7. The van der Waals surface area contributed by atoms with Gasteiger partial charge in [0.2, 0.25) is 5.91 Å². The number of nitrogens with zero attached hydrogens (tertiary/aromatic N) is 1. The molecule has 1 aliphatic heterocycles. The molecule has 1 heterocycles. The highest BCUT2D eigenvalue weighted by Gasteiger charge is 2.40. The van der Waals surface area contributed by atoms with Crippen LogP contribution in [0.3, 0.4) is 0 Å². The minimum absolute atomic E-state index is 0.00645. The van der Waals surface area contributed by atoms with E-state index in [0.29, 0.717) is 28.9 Å². The Kier molecular flexibility index (Phi) is 7.01. The van der Waals surface area contributed by atoms with Crippen molar-refractivity contribution in [2.75, 3.05) is 13.6 Å². The predicted molar refractivity (Wildman–Crippen MR) is 140 cm³/mol. The number of carbonyl (C=O) groups excluding carboxylic acids is 1. The average Bonchev–Trinajstić information content (AvgIpc) is 3.36. The molecule has 0 spiro atoms. The van der Waals surface area contributed by atoms with Crippen LogP contribution in [0.2, 0.25) is 0 Å². The third kappa shape index (κ3) is 5.24. The van der Waals surface area contributed by atoms with E-state index in [0.717, 1.165) is 45.1 Å². The van der Waals surface area contributed by atoms with Crippen LogP contribution in [0.25, 0.3) is 11.1 Å². The SMILES string of the molecule is CN1CC(C(=O)N[C@@H]2CC[C@@H](Oc3ccc(C(=O)O)cc3-c3cccc(F)c3C3CCC3)C2)CC1(C)C. The second kappa shape index (κ2) is 10.1. The zero-order valence-electron chi connectivity index (χ0n) is 21.9. The molecule has 1 amide bonds. The lowest BCUT2D eigenvalue weighted by molar-refractivity contribution is -0.125. The number of amides is 1. The van der Waals surface area contributed by atoms with E-state index in [-0.39, 0.29) is 46.8 Å². The van der Waals surface area contributed by atoms with Gasteiger partial charge in [0.15, 0.2) is 0 Å². The summed E-state index contributed by atoms with van der Waals surface area (Å²) in [6, 6.07) is 9.89. The van der Waals surface area contributed by atoms with Crippen LogP contribution in [-0.2, 0) is 4.79 Å². The molecule has 5 rings (SSSR count). The summed E-state index contributed by atoms with van der Waals surface area (Å²) >= 11 is 0. The summed E-state index contributed by atoms with van der Waals surface area (Å²) in [5, 5.41) is 12.9. The molecule has 1 unspecified atom stereocenters. The maximum Gasteiger partial charge on any atom is 0.335 e. The first-order chi connectivity index (χ1) is 17.6. The van der Waals surface area contributed by atoms with Crippen LogP contribution in [-0.4, -0.2) is 53.2 Å². The monoisotopic (exact) mass is 508 g/mol. The third-order valence-corrected chi connectivity index (χ3v) is 8.75. The standard InChI is InChI=1S/C30H37FN2O4/c1-30(2)16-20(17-33(30)3)28(34)32-21-11-12-22(15-21)37-26-13-10-19(29(35)36)14-24(26)23-8-5-9-25(31)27(23)18-6-4-7-18/h5,8-10,13-14,18,20-22H,4,6-7,11-12,15-17H2,1-3H3,(H,32,34)(H,35,36)/t20?,21-,22-/m1/s1. The van der Waals surface area contributed by atoms with Crippen LogP contribution in [0.5, 0.6) is 5.75 Å². The molecule has 0 aromatic heterocycles. The normalized spacial score (nSPS) is 25.6. The average molecular weight is 509 g/mol. The summed E-state index contributed by atoms with van der Waals surface area (Å²) in [6.07, 6.45) is 5.98. The highest BCUT2D eigenvalue weighted by molar-refractivity contribution is 5.91. The summed E-state index contributed by atoms with van der Waals surface area (Å²) in [6.45, 7) is 5.10. The number of carbonyl (C=O) groups is 2. The lowest BCUT2D eigenvalue weighted by Crippen LogP contribution is -2.38. The number of hydrogen-bond donors (Lipinski definition) is 2. The predicted octanol–water partition coefficient (Wildman–Crippen LogP) is 5.60. The molecule has 37 heavy (non-hydrogen) atoms. The lowest BCUT2D eigenvalue weighted by Gasteiger charge is -2.29. The van der Waals surface area contributed by atoms with Crippen LogP contribution in [0.4, 0.5) is 4.39 Å². The van der Waals surface area contributed by atoms with Gasteiger partial charge in [-0.3, -0.25) is 4.79 Å². The van der Waals surface area contributed by atoms with Crippen molar-refractivity contribution >= 4 is 11.9 Å². The molecule has 3 atom stereocenters. The summed E-state index contributed by atoms with van der Waals surface area (Å²) < 4.78 is 21.4. The highest BCUT2D eigenvalue weighted by Crippen LogP contribution is 2.45. The number of carboxylic acids is 1. The molecule has 6 nitrogen and oxygen atoms in total. The first kappa shape index (κ1) is 25.7. The van der Waals surface area contributed by atoms with Gasteiger partial charge < -0.3 is 20.1 Å². The Balaban J connectivity index is 1.33. The van der Waals surface area contributed by atoms with E-state index < -0.39 is 5.97 Å². The van der Waals surface area contributed by atoms with E-state index >= 15 is 0 Å². The Hall–Kier alpha value is -2.93. The number of benzene rings is 2. The second-order valence-corrected chi connectivity index (χ2v) is 11.7. The molecule has 2 aromatic rings. The van der Waals surface area contributed by atoms with Crippen molar-refractivity contribution in [3.63, 3.8) is 0 Å². The van der Waals surface area contributed by atoms with Crippen LogP contribution in [0.1, 0.15) is 80.6 Å². The first-order valence-electron chi connectivity index (χ1n) is 13.5. The topological polar surface area (TPSA) is 78.9 Å². The van der Waals surface area contributed by atoms with Gasteiger partial charge in [0, 0.05) is 30.1 Å². The molecule has 0 radical (unpaired) electrons. The fourth-order valence-corrected chi connectivity index (χ4v) is 6.11. The molecular weight excluding hydrogens is 471 g/mol. The van der Waals surface area contributed by atoms with E-state index in [2.05, 4.69) is 31.1 Å². The van der Waals surface area contributed by atoms with Crippen molar-refractivity contribution in [2.24, 2.45) is 5.92 Å². The maximum absolute atomic E-state index is 15.0. The number of aromatic carboxylic acids is 1. The van der Waals surface area contributed by atoms with Crippen molar-refractivity contribution in [1.29, 1.82) is 0 Å². The maximum atomic E-state index is 15.0. The van der Waals surface area contributed by atoms with Gasteiger partial charge in [-0.25, -0.2) is 9.18 Å². The fraction of sp³-hybridized carbons (Fsp3) is 0.533. The fourth-order valence-electron chi connectivity index (χ4n) is 6.11. The third-order valence-electron chi connectivity index (χ3n) is 8.75. The molecule has 2 saturated carbocycles. The van der Waals surface area contributed by atoms with Crippen LogP contribution >= 0.6 is 0 Å². The summed E-state index contributed by atoms with van der Waals surface area (Å²) in [5.74, 6) is -0.472. The molecule has 2 aliphatic carbocycles. The van der Waals surface area contributed by atoms with Gasteiger partial charge in [-0.05, 0) is 94.3 Å². The summed E-state index contributed by atoms with van der Waals surface area (Å²) in [7, 11) is 2.06. The Morgan fingerprint density at radius 3 is 2.54 bits per heavy atom. The first-order valence-corrected chi connectivity index (χ1v) is 13.5.